The lowest BCUT2D eigenvalue weighted by molar-refractivity contribution is 0.111. The summed E-state index contributed by atoms with van der Waals surface area (Å²) in [7, 11) is 0. The van der Waals surface area contributed by atoms with E-state index in [-0.39, 0.29) is 17.9 Å². The number of pyridine rings is 1. The van der Waals surface area contributed by atoms with E-state index in [0.717, 1.165) is 24.5 Å². The van der Waals surface area contributed by atoms with E-state index in [0.29, 0.717) is 25.2 Å². The Labute approximate surface area is 148 Å². The summed E-state index contributed by atoms with van der Waals surface area (Å²) in [4.78, 5) is 17.7. The number of aromatic hydroxyl groups is 1. The van der Waals surface area contributed by atoms with Crippen LogP contribution in [0.2, 0.25) is 0 Å². The van der Waals surface area contributed by atoms with E-state index in [1.54, 1.807) is 18.3 Å². The van der Waals surface area contributed by atoms with Gasteiger partial charge in [0.2, 0.25) is 0 Å². The lowest BCUT2D eigenvalue weighted by atomic mass is 10.2. The molecular weight excluding hydrogens is 320 g/mol. The smallest absolute Gasteiger partial charge is 0.157 e. The van der Waals surface area contributed by atoms with Gasteiger partial charge in [-0.2, -0.15) is 0 Å². The van der Waals surface area contributed by atoms with Gasteiger partial charge in [0.05, 0.1) is 18.8 Å². The highest BCUT2D eigenvalue weighted by Gasteiger charge is 2.16. The normalized spacial score (nSPS) is 13.6. The van der Waals surface area contributed by atoms with Crippen molar-refractivity contribution in [2.45, 2.75) is 20.5 Å². The fraction of sp³-hybridized carbons (Fsp3) is 0.368. The molecule has 1 fully saturated rings. The van der Waals surface area contributed by atoms with Gasteiger partial charge in [0.15, 0.2) is 6.29 Å². The fourth-order valence-electron chi connectivity index (χ4n) is 2.54. The van der Waals surface area contributed by atoms with E-state index in [2.05, 4.69) is 9.88 Å². The second kappa shape index (κ2) is 9.64. The molecule has 1 saturated heterocycles. The molecule has 6 heteroatoms. The first kappa shape index (κ1) is 18.7. The first-order valence-electron chi connectivity index (χ1n) is 8.46. The number of aromatic nitrogens is 1. The Morgan fingerprint density at radius 1 is 1.24 bits per heavy atom. The number of ether oxygens (including phenoxy) is 2. The fourth-order valence-corrected chi connectivity index (χ4v) is 2.54. The van der Waals surface area contributed by atoms with Crippen LogP contribution in [0.5, 0.6) is 11.5 Å². The summed E-state index contributed by atoms with van der Waals surface area (Å²) >= 11 is 0. The lowest BCUT2D eigenvalue weighted by Gasteiger charge is -2.29. The summed E-state index contributed by atoms with van der Waals surface area (Å²) < 4.78 is 11.1. The monoisotopic (exact) mass is 344 g/mol. The second-order valence-corrected chi connectivity index (χ2v) is 5.18. The van der Waals surface area contributed by atoms with Crippen LogP contribution in [-0.4, -0.2) is 42.7 Å². The first-order chi connectivity index (χ1) is 12.3. The van der Waals surface area contributed by atoms with Crippen molar-refractivity contribution in [2.24, 2.45) is 0 Å². The third-order valence-corrected chi connectivity index (χ3v) is 3.72. The zero-order chi connectivity index (χ0) is 18.1. The minimum absolute atomic E-state index is 0.0860. The van der Waals surface area contributed by atoms with Gasteiger partial charge < -0.3 is 19.5 Å². The molecule has 2 aromatic rings. The van der Waals surface area contributed by atoms with Crippen molar-refractivity contribution in [1.29, 1.82) is 0 Å². The molecule has 1 aromatic heterocycles. The first-order valence-corrected chi connectivity index (χ1v) is 8.46. The van der Waals surface area contributed by atoms with Gasteiger partial charge >= 0.3 is 0 Å². The van der Waals surface area contributed by atoms with Crippen molar-refractivity contribution in [3.8, 4) is 11.5 Å². The number of carbonyl (C=O) groups excluding carboxylic acids is 1. The van der Waals surface area contributed by atoms with Crippen LogP contribution in [-0.2, 0) is 11.3 Å². The maximum atomic E-state index is 11.1. The molecule has 1 aliphatic rings. The summed E-state index contributed by atoms with van der Waals surface area (Å²) in [5.41, 5.74) is 1.08. The zero-order valence-electron chi connectivity index (χ0n) is 14.6. The highest BCUT2D eigenvalue weighted by atomic mass is 16.5. The quantitative estimate of drug-likeness (QED) is 0.841. The number of benzene rings is 1. The number of carbonyl (C=O) groups is 1. The minimum Gasteiger partial charge on any atom is -0.507 e. The number of morpholine rings is 1. The van der Waals surface area contributed by atoms with Crippen LogP contribution in [0.1, 0.15) is 29.8 Å². The van der Waals surface area contributed by atoms with E-state index in [9.17, 15) is 9.90 Å². The predicted molar refractivity (Wildman–Crippen MR) is 96.4 cm³/mol. The van der Waals surface area contributed by atoms with Crippen LogP contribution in [0, 0.1) is 0 Å². The van der Waals surface area contributed by atoms with E-state index in [4.69, 9.17) is 9.47 Å². The summed E-state index contributed by atoms with van der Waals surface area (Å²) in [6, 6.07) is 8.56. The third-order valence-electron chi connectivity index (χ3n) is 3.72. The van der Waals surface area contributed by atoms with Crippen molar-refractivity contribution in [1.82, 2.24) is 4.98 Å². The number of rotatable bonds is 5. The zero-order valence-corrected chi connectivity index (χ0v) is 14.6. The van der Waals surface area contributed by atoms with Crippen LogP contribution in [0.25, 0.3) is 0 Å². The van der Waals surface area contributed by atoms with Crippen LogP contribution < -0.4 is 9.64 Å². The standard InChI is InChI=1S/C17H18N2O4.C2H6/c20-11-14-15(21)4-1-5-16(14)23-12-13-3-2-6-18-17(13)19-7-9-22-10-8-19;1-2/h1-6,11,21H,7-10,12H2;1-2H3. The van der Waals surface area contributed by atoms with E-state index in [1.165, 1.54) is 6.07 Å². The van der Waals surface area contributed by atoms with E-state index < -0.39 is 0 Å². The Kier molecular flexibility index (Phi) is 7.22. The molecule has 0 atom stereocenters. The number of aldehydes is 1. The van der Waals surface area contributed by atoms with Crippen molar-refractivity contribution in [2.75, 3.05) is 31.2 Å². The van der Waals surface area contributed by atoms with Gasteiger partial charge in [0, 0.05) is 24.8 Å². The number of phenolic OH excluding ortho intramolecular Hbond substituents is 1. The van der Waals surface area contributed by atoms with Crippen LogP contribution in [0.3, 0.4) is 0 Å². The second-order valence-electron chi connectivity index (χ2n) is 5.18. The molecule has 1 aromatic carbocycles. The van der Waals surface area contributed by atoms with Crippen LogP contribution >= 0.6 is 0 Å². The Balaban J connectivity index is 0.00000109. The average Bonchev–Trinajstić information content (AvgIpc) is 2.69. The number of anilines is 1. The van der Waals surface area contributed by atoms with Crippen molar-refractivity contribution < 1.29 is 19.4 Å². The molecule has 0 radical (unpaired) electrons. The topological polar surface area (TPSA) is 71.9 Å². The molecule has 25 heavy (non-hydrogen) atoms. The van der Waals surface area contributed by atoms with Crippen molar-refractivity contribution in [3.63, 3.8) is 0 Å². The van der Waals surface area contributed by atoms with E-state index >= 15 is 0 Å². The Morgan fingerprint density at radius 2 is 2.00 bits per heavy atom. The van der Waals surface area contributed by atoms with Gasteiger partial charge in [-0.25, -0.2) is 4.98 Å². The van der Waals surface area contributed by atoms with Crippen molar-refractivity contribution in [3.05, 3.63) is 47.7 Å². The predicted octanol–water partition coefficient (Wildman–Crippen LogP) is 3.04. The molecule has 3 rings (SSSR count). The maximum Gasteiger partial charge on any atom is 0.157 e. The van der Waals surface area contributed by atoms with Gasteiger partial charge in [-0.05, 0) is 18.2 Å². The molecule has 1 aliphatic heterocycles. The summed E-state index contributed by atoms with van der Waals surface area (Å²) in [5, 5.41) is 9.70. The minimum atomic E-state index is -0.0860. The highest BCUT2D eigenvalue weighted by molar-refractivity contribution is 5.83. The Hall–Kier alpha value is -2.60. The highest BCUT2D eigenvalue weighted by Crippen LogP contribution is 2.27. The molecule has 134 valence electrons. The molecule has 0 unspecified atom stereocenters. The summed E-state index contributed by atoms with van der Waals surface area (Å²) in [6.45, 7) is 7.20. The van der Waals surface area contributed by atoms with Gasteiger partial charge in [0.25, 0.3) is 0 Å². The molecule has 0 amide bonds. The van der Waals surface area contributed by atoms with Gasteiger partial charge in [0.1, 0.15) is 23.9 Å². The molecule has 0 saturated carbocycles. The molecule has 0 bridgehead atoms. The third kappa shape index (κ3) is 4.70. The van der Waals surface area contributed by atoms with Gasteiger partial charge in [-0.1, -0.05) is 26.0 Å². The SMILES string of the molecule is CC.O=Cc1c(O)cccc1OCc1cccnc1N1CCOCC1. The molecule has 2 heterocycles. The van der Waals surface area contributed by atoms with Crippen molar-refractivity contribution >= 4 is 12.1 Å². The maximum absolute atomic E-state index is 11.1. The number of hydrogen-bond acceptors (Lipinski definition) is 6. The molecular formula is C19H24N2O4. The lowest BCUT2D eigenvalue weighted by Crippen LogP contribution is -2.37. The molecule has 0 spiro atoms. The summed E-state index contributed by atoms with van der Waals surface area (Å²) in [6.07, 6.45) is 2.34. The summed E-state index contributed by atoms with van der Waals surface area (Å²) in [5.74, 6) is 1.14. The Morgan fingerprint density at radius 3 is 2.72 bits per heavy atom. The van der Waals surface area contributed by atoms with Gasteiger partial charge in [-0.15, -0.1) is 0 Å². The Bertz CT molecular complexity index is 685. The van der Waals surface area contributed by atoms with Crippen LogP contribution in [0.4, 0.5) is 5.82 Å². The number of nitrogens with zero attached hydrogens (tertiary/aromatic N) is 2. The number of phenols is 1. The average molecular weight is 344 g/mol. The van der Waals surface area contributed by atoms with Crippen LogP contribution in [0.15, 0.2) is 36.5 Å². The van der Waals surface area contributed by atoms with Gasteiger partial charge in [-0.3, -0.25) is 4.79 Å². The number of hydrogen-bond donors (Lipinski definition) is 1. The molecule has 1 N–H and O–H groups in total. The molecule has 6 nitrogen and oxygen atoms in total. The van der Waals surface area contributed by atoms with E-state index in [1.807, 2.05) is 26.0 Å². The molecule has 0 aliphatic carbocycles. The largest absolute Gasteiger partial charge is 0.507 e.